The molecule has 1 aromatic rings. The molecule has 1 fully saturated rings. The Balaban J connectivity index is 2.23. The zero-order valence-corrected chi connectivity index (χ0v) is 13.2. The van der Waals surface area contributed by atoms with Gasteiger partial charge in [0.15, 0.2) is 0 Å². The Morgan fingerprint density at radius 1 is 1.32 bits per heavy atom. The van der Waals surface area contributed by atoms with Gasteiger partial charge in [-0.2, -0.15) is 0 Å². The van der Waals surface area contributed by atoms with Crippen molar-refractivity contribution in [1.82, 2.24) is 5.32 Å². The molecule has 0 saturated heterocycles. The van der Waals surface area contributed by atoms with Crippen LogP contribution in [0.1, 0.15) is 37.3 Å². The van der Waals surface area contributed by atoms with Crippen molar-refractivity contribution in [2.75, 3.05) is 14.2 Å². The third kappa shape index (κ3) is 3.50. The first-order valence-electron chi connectivity index (χ1n) is 6.92. The fraction of sp³-hybridized carbons (Fsp3) is 0.600. The first kappa shape index (κ1) is 14.8. The number of halogens is 1. The van der Waals surface area contributed by atoms with Crippen molar-refractivity contribution in [3.63, 3.8) is 0 Å². The standard InChI is InChI=1S/C15H23BrN2O/c1-18-15(10-3-6-12(17)7-4-10)13-9-11(16)5-8-14(13)19-2/h5,8-10,12,15,18H,3-4,6-7,17H2,1-2H3. The van der Waals surface area contributed by atoms with E-state index in [-0.39, 0.29) is 0 Å². The smallest absolute Gasteiger partial charge is 0.123 e. The molecule has 0 aliphatic heterocycles. The van der Waals surface area contributed by atoms with Gasteiger partial charge in [-0.15, -0.1) is 0 Å². The summed E-state index contributed by atoms with van der Waals surface area (Å²) in [7, 11) is 3.76. The van der Waals surface area contributed by atoms with Crippen LogP contribution >= 0.6 is 15.9 Å². The Kier molecular flexibility index (Phi) is 5.25. The van der Waals surface area contributed by atoms with Gasteiger partial charge in [-0.1, -0.05) is 15.9 Å². The molecule has 1 aliphatic carbocycles. The molecule has 0 aromatic heterocycles. The molecule has 0 amide bonds. The van der Waals surface area contributed by atoms with Crippen molar-refractivity contribution in [2.24, 2.45) is 11.7 Å². The van der Waals surface area contributed by atoms with Crippen LogP contribution in [-0.4, -0.2) is 20.2 Å². The van der Waals surface area contributed by atoms with Gasteiger partial charge in [0.1, 0.15) is 5.75 Å². The second-order valence-electron chi connectivity index (χ2n) is 5.33. The van der Waals surface area contributed by atoms with E-state index in [4.69, 9.17) is 10.5 Å². The Hall–Kier alpha value is -0.580. The summed E-state index contributed by atoms with van der Waals surface area (Å²) in [5, 5.41) is 3.46. The van der Waals surface area contributed by atoms with Crippen molar-refractivity contribution in [1.29, 1.82) is 0 Å². The minimum atomic E-state index is 0.333. The average molecular weight is 327 g/mol. The summed E-state index contributed by atoms with van der Waals surface area (Å²) in [6, 6.07) is 6.93. The molecule has 3 N–H and O–H groups in total. The Labute approximate surface area is 124 Å². The van der Waals surface area contributed by atoms with E-state index in [2.05, 4.69) is 27.3 Å². The number of rotatable bonds is 4. The van der Waals surface area contributed by atoms with Crippen molar-refractivity contribution in [3.8, 4) is 5.75 Å². The van der Waals surface area contributed by atoms with E-state index in [0.717, 1.165) is 23.1 Å². The molecule has 0 radical (unpaired) electrons. The zero-order chi connectivity index (χ0) is 13.8. The fourth-order valence-electron chi connectivity index (χ4n) is 3.07. The molecule has 3 nitrogen and oxygen atoms in total. The van der Waals surface area contributed by atoms with E-state index in [1.165, 1.54) is 18.4 Å². The number of benzene rings is 1. The summed E-state index contributed by atoms with van der Waals surface area (Å²) >= 11 is 3.55. The highest BCUT2D eigenvalue weighted by molar-refractivity contribution is 9.10. The molecule has 1 saturated carbocycles. The lowest BCUT2D eigenvalue weighted by Gasteiger charge is -2.33. The summed E-state index contributed by atoms with van der Waals surface area (Å²) in [6.45, 7) is 0. The van der Waals surface area contributed by atoms with Crippen LogP contribution in [0.4, 0.5) is 0 Å². The average Bonchev–Trinajstić information content (AvgIpc) is 2.42. The van der Waals surface area contributed by atoms with Crippen LogP contribution in [-0.2, 0) is 0 Å². The van der Waals surface area contributed by atoms with Gasteiger partial charge < -0.3 is 15.8 Å². The SMILES string of the molecule is CNC(c1cc(Br)ccc1OC)C1CCC(N)CC1. The zero-order valence-electron chi connectivity index (χ0n) is 11.7. The van der Waals surface area contributed by atoms with Crippen LogP contribution in [0.25, 0.3) is 0 Å². The highest BCUT2D eigenvalue weighted by Crippen LogP contribution is 2.38. The normalized spacial score (nSPS) is 25.1. The van der Waals surface area contributed by atoms with Crippen LogP contribution < -0.4 is 15.8 Å². The van der Waals surface area contributed by atoms with Gasteiger partial charge in [0.2, 0.25) is 0 Å². The lowest BCUT2D eigenvalue weighted by Crippen LogP contribution is -2.33. The summed E-state index contributed by atoms with van der Waals surface area (Å²) < 4.78 is 6.60. The molecule has 1 atom stereocenters. The van der Waals surface area contributed by atoms with Crippen molar-refractivity contribution < 1.29 is 4.74 Å². The van der Waals surface area contributed by atoms with Crippen molar-refractivity contribution in [3.05, 3.63) is 28.2 Å². The number of nitrogens with one attached hydrogen (secondary N) is 1. The number of hydrogen-bond acceptors (Lipinski definition) is 3. The molecule has 2 rings (SSSR count). The van der Waals surface area contributed by atoms with Crippen LogP contribution in [0.15, 0.2) is 22.7 Å². The van der Waals surface area contributed by atoms with Crippen LogP contribution in [0.2, 0.25) is 0 Å². The molecule has 0 heterocycles. The van der Waals surface area contributed by atoms with E-state index >= 15 is 0 Å². The molecule has 1 unspecified atom stereocenters. The summed E-state index contributed by atoms with van der Waals surface area (Å²) in [6.07, 6.45) is 4.61. The van der Waals surface area contributed by atoms with Crippen LogP contribution in [0.3, 0.4) is 0 Å². The third-order valence-corrected chi connectivity index (χ3v) is 4.62. The van der Waals surface area contributed by atoms with Crippen LogP contribution in [0.5, 0.6) is 5.75 Å². The number of hydrogen-bond donors (Lipinski definition) is 2. The maximum absolute atomic E-state index is 6.00. The Morgan fingerprint density at radius 2 is 2.00 bits per heavy atom. The van der Waals surface area contributed by atoms with E-state index in [0.29, 0.717) is 18.0 Å². The minimum Gasteiger partial charge on any atom is -0.496 e. The number of ether oxygens (including phenoxy) is 1. The largest absolute Gasteiger partial charge is 0.496 e. The highest BCUT2D eigenvalue weighted by atomic mass is 79.9. The topological polar surface area (TPSA) is 47.3 Å². The lowest BCUT2D eigenvalue weighted by atomic mass is 9.79. The molecule has 4 heteroatoms. The van der Waals surface area contributed by atoms with E-state index in [1.807, 2.05) is 19.2 Å². The number of methoxy groups -OCH3 is 1. The van der Waals surface area contributed by atoms with Gasteiger partial charge in [-0.05, 0) is 56.8 Å². The van der Waals surface area contributed by atoms with Gasteiger partial charge in [0.05, 0.1) is 7.11 Å². The molecular formula is C15H23BrN2O. The van der Waals surface area contributed by atoms with E-state index < -0.39 is 0 Å². The first-order valence-corrected chi connectivity index (χ1v) is 7.71. The maximum Gasteiger partial charge on any atom is 0.123 e. The lowest BCUT2D eigenvalue weighted by molar-refractivity contribution is 0.258. The molecular weight excluding hydrogens is 304 g/mol. The summed E-state index contributed by atoms with van der Waals surface area (Å²) in [5.74, 6) is 1.59. The highest BCUT2D eigenvalue weighted by Gasteiger charge is 2.28. The van der Waals surface area contributed by atoms with Crippen molar-refractivity contribution >= 4 is 15.9 Å². The van der Waals surface area contributed by atoms with Gasteiger partial charge in [-0.3, -0.25) is 0 Å². The molecule has 1 aliphatic rings. The predicted octanol–water partition coefficient (Wildman–Crippen LogP) is 3.24. The van der Waals surface area contributed by atoms with E-state index in [9.17, 15) is 0 Å². The third-order valence-electron chi connectivity index (χ3n) is 4.13. The maximum atomic E-state index is 6.00. The van der Waals surface area contributed by atoms with Gasteiger partial charge in [-0.25, -0.2) is 0 Å². The number of nitrogens with two attached hydrogens (primary N) is 1. The first-order chi connectivity index (χ1) is 9.15. The van der Waals surface area contributed by atoms with Crippen molar-refractivity contribution in [2.45, 2.75) is 37.8 Å². The minimum absolute atomic E-state index is 0.333. The summed E-state index contributed by atoms with van der Waals surface area (Å²) in [4.78, 5) is 0. The van der Waals surface area contributed by atoms with Gasteiger partial charge >= 0.3 is 0 Å². The predicted molar refractivity (Wildman–Crippen MR) is 82.4 cm³/mol. The van der Waals surface area contributed by atoms with E-state index in [1.54, 1.807) is 7.11 Å². The Bertz CT molecular complexity index is 417. The monoisotopic (exact) mass is 326 g/mol. The second-order valence-corrected chi connectivity index (χ2v) is 6.24. The molecule has 0 spiro atoms. The molecule has 106 valence electrons. The van der Waals surface area contributed by atoms with Gasteiger partial charge in [0.25, 0.3) is 0 Å². The van der Waals surface area contributed by atoms with Crippen LogP contribution in [0, 0.1) is 5.92 Å². The molecule has 0 bridgehead atoms. The quantitative estimate of drug-likeness (QED) is 0.892. The molecule has 1 aromatic carbocycles. The van der Waals surface area contributed by atoms with Gasteiger partial charge in [0, 0.05) is 22.1 Å². The Morgan fingerprint density at radius 3 is 2.58 bits per heavy atom. The fourth-order valence-corrected chi connectivity index (χ4v) is 3.45. The summed E-state index contributed by atoms with van der Waals surface area (Å²) in [5.41, 5.74) is 7.24. The molecule has 19 heavy (non-hydrogen) atoms. The second kappa shape index (κ2) is 6.73.